The third-order valence-corrected chi connectivity index (χ3v) is 3.53. The second-order valence-corrected chi connectivity index (χ2v) is 5.68. The summed E-state index contributed by atoms with van der Waals surface area (Å²) < 4.78 is 38.9. The van der Waals surface area contributed by atoms with Gasteiger partial charge in [0.15, 0.2) is 0 Å². The highest BCUT2D eigenvalue weighted by molar-refractivity contribution is 6.33. The molecule has 0 atom stereocenters. The Morgan fingerprint density at radius 1 is 1.19 bits per heavy atom. The fraction of sp³-hybridized carbons (Fsp3) is 0.188. The van der Waals surface area contributed by atoms with Crippen molar-refractivity contribution < 1.29 is 22.8 Å². The molecule has 0 unspecified atom stereocenters. The summed E-state index contributed by atoms with van der Waals surface area (Å²) in [6.45, 7) is 0.663. The second-order valence-electron chi connectivity index (χ2n) is 5.28. The predicted octanol–water partition coefficient (Wildman–Crippen LogP) is 3.12. The molecule has 0 fully saturated rings. The summed E-state index contributed by atoms with van der Waals surface area (Å²) in [5.41, 5.74) is -2.18. The van der Waals surface area contributed by atoms with Gasteiger partial charge >= 0.3 is 6.18 Å². The first-order valence-corrected chi connectivity index (χ1v) is 7.59. The van der Waals surface area contributed by atoms with Crippen LogP contribution in [0.4, 0.5) is 24.5 Å². The Kier molecular flexibility index (Phi) is 5.71. The molecule has 0 radical (unpaired) electrons. The molecular formula is C16H13ClF3N3O3. The molecule has 0 aliphatic heterocycles. The van der Waals surface area contributed by atoms with Gasteiger partial charge in [0, 0.05) is 18.8 Å². The standard InChI is InChI=1S/C16H13ClF3N3O3/c1-9(24)21-10-4-5-12(17)13(7-10)22-14(25)8-23-6-2-3-11(15(23)26)16(18,19)20/h2-7H,8H2,1H3,(H,21,24)(H,22,25). The lowest BCUT2D eigenvalue weighted by Gasteiger charge is -2.12. The number of hydrogen-bond acceptors (Lipinski definition) is 3. The number of pyridine rings is 1. The maximum atomic E-state index is 12.7. The topological polar surface area (TPSA) is 80.2 Å². The van der Waals surface area contributed by atoms with E-state index >= 15 is 0 Å². The number of hydrogen-bond donors (Lipinski definition) is 2. The van der Waals surface area contributed by atoms with E-state index < -0.39 is 29.8 Å². The quantitative estimate of drug-likeness (QED) is 0.846. The largest absolute Gasteiger partial charge is 0.421 e. The van der Waals surface area contributed by atoms with Crippen molar-refractivity contribution in [3.05, 3.63) is 57.5 Å². The van der Waals surface area contributed by atoms with Crippen molar-refractivity contribution in [3.63, 3.8) is 0 Å². The molecule has 0 saturated carbocycles. The molecule has 2 aromatic rings. The summed E-state index contributed by atoms with van der Waals surface area (Å²) in [7, 11) is 0. The smallest absolute Gasteiger partial charge is 0.326 e. The molecule has 1 aromatic carbocycles. The van der Waals surface area contributed by atoms with E-state index in [0.717, 1.165) is 12.3 Å². The molecule has 2 rings (SSSR count). The van der Waals surface area contributed by atoms with Crippen molar-refractivity contribution in [2.24, 2.45) is 0 Å². The minimum absolute atomic E-state index is 0.142. The highest BCUT2D eigenvalue weighted by Gasteiger charge is 2.34. The zero-order valence-corrected chi connectivity index (χ0v) is 14.1. The van der Waals surface area contributed by atoms with Crippen LogP contribution < -0.4 is 16.2 Å². The van der Waals surface area contributed by atoms with Gasteiger partial charge in [0.05, 0.1) is 10.7 Å². The Morgan fingerprint density at radius 3 is 2.50 bits per heavy atom. The number of anilines is 2. The lowest BCUT2D eigenvalue weighted by molar-refractivity contribution is -0.139. The Bertz CT molecular complexity index is 910. The summed E-state index contributed by atoms with van der Waals surface area (Å²) in [6, 6.07) is 6.00. The van der Waals surface area contributed by atoms with Crippen LogP contribution in [0.15, 0.2) is 41.3 Å². The van der Waals surface area contributed by atoms with Crippen LogP contribution in [0.5, 0.6) is 0 Å². The van der Waals surface area contributed by atoms with E-state index in [4.69, 9.17) is 11.6 Å². The van der Waals surface area contributed by atoms with Crippen LogP contribution in [0.3, 0.4) is 0 Å². The lowest BCUT2D eigenvalue weighted by atomic mass is 10.2. The molecule has 0 aliphatic rings. The monoisotopic (exact) mass is 387 g/mol. The number of amides is 2. The summed E-state index contributed by atoms with van der Waals surface area (Å²) in [4.78, 5) is 35.0. The Hall–Kier alpha value is -2.81. The highest BCUT2D eigenvalue weighted by atomic mass is 35.5. The molecule has 6 nitrogen and oxygen atoms in total. The Labute approximate surface area is 150 Å². The fourth-order valence-electron chi connectivity index (χ4n) is 2.12. The molecule has 2 amide bonds. The fourth-order valence-corrected chi connectivity index (χ4v) is 2.29. The average molecular weight is 388 g/mol. The van der Waals surface area contributed by atoms with Gasteiger partial charge < -0.3 is 15.2 Å². The molecule has 0 spiro atoms. The van der Waals surface area contributed by atoms with E-state index in [-0.39, 0.29) is 16.6 Å². The normalized spacial score (nSPS) is 11.1. The maximum Gasteiger partial charge on any atom is 0.421 e. The van der Waals surface area contributed by atoms with Crippen LogP contribution in [-0.4, -0.2) is 16.4 Å². The van der Waals surface area contributed by atoms with Crippen molar-refractivity contribution in [2.45, 2.75) is 19.6 Å². The molecular weight excluding hydrogens is 375 g/mol. The predicted molar refractivity (Wildman–Crippen MR) is 90.1 cm³/mol. The molecule has 138 valence electrons. The molecule has 0 bridgehead atoms. The first-order valence-electron chi connectivity index (χ1n) is 7.21. The van der Waals surface area contributed by atoms with Gasteiger partial charge in [-0.3, -0.25) is 14.4 Å². The van der Waals surface area contributed by atoms with E-state index in [2.05, 4.69) is 10.6 Å². The molecule has 1 heterocycles. The Balaban J connectivity index is 2.20. The number of benzene rings is 1. The summed E-state index contributed by atoms with van der Waals surface area (Å²) >= 11 is 5.95. The number of rotatable bonds is 4. The molecule has 0 saturated heterocycles. The number of alkyl halides is 3. The third-order valence-electron chi connectivity index (χ3n) is 3.20. The van der Waals surface area contributed by atoms with Crippen LogP contribution in [-0.2, 0) is 22.3 Å². The number of carbonyl (C=O) groups is 2. The van der Waals surface area contributed by atoms with Crippen LogP contribution >= 0.6 is 11.6 Å². The minimum atomic E-state index is -4.81. The van der Waals surface area contributed by atoms with Crippen LogP contribution in [0, 0.1) is 0 Å². The van der Waals surface area contributed by atoms with Crippen LogP contribution in [0.1, 0.15) is 12.5 Å². The zero-order chi connectivity index (χ0) is 19.5. The first kappa shape index (κ1) is 19.5. The third kappa shape index (κ3) is 4.85. The van der Waals surface area contributed by atoms with Gasteiger partial charge in [-0.1, -0.05) is 11.6 Å². The van der Waals surface area contributed by atoms with Gasteiger partial charge in [0.1, 0.15) is 12.1 Å². The number of carbonyl (C=O) groups excluding carboxylic acids is 2. The van der Waals surface area contributed by atoms with Crippen LogP contribution in [0.2, 0.25) is 5.02 Å². The van der Waals surface area contributed by atoms with Gasteiger partial charge in [0.25, 0.3) is 5.56 Å². The summed E-state index contributed by atoms with van der Waals surface area (Å²) in [5.74, 6) is -1.09. The SMILES string of the molecule is CC(=O)Nc1ccc(Cl)c(NC(=O)Cn2cccc(C(F)(F)F)c2=O)c1. The van der Waals surface area contributed by atoms with E-state index in [0.29, 0.717) is 16.3 Å². The minimum Gasteiger partial charge on any atom is -0.326 e. The van der Waals surface area contributed by atoms with Crippen molar-refractivity contribution in [2.75, 3.05) is 10.6 Å². The van der Waals surface area contributed by atoms with Gasteiger partial charge in [0.2, 0.25) is 11.8 Å². The van der Waals surface area contributed by atoms with Gasteiger partial charge in [-0.05, 0) is 30.3 Å². The van der Waals surface area contributed by atoms with E-state index in [1.165, 1.54) is 25.1 Å². The molecule has 26 heavy (non-hydrogen) atoms. The first-order chi connectivity index (χ1) is 12.1. The van der Waals surface area contributed by atoms with Crippen molar-refractivity contribution in [1.29, 1.82) is 0 Å². The van der Waals surface area contributed by atoms with Gasteiger partial charge in [-0.25, -0.2) is 0 Å². The van der Waals surface area contributed by atoms with Crippen molar-refractivity contribution in [3.8, 4) is 0 Å². The molecule has 10 heteroatoms. The molecule has 0 aliphatic carbocycles. The van der Waals surface area contributed by atoms with Crippen LogP contribution in [0.25, 0.3) is 0 Å². The van der Waals surface area contributed by atoms with Gasteiger partial charge in [-0.15, -0.1) is 0 Å². The molecule has 1 aromatic heterocycles. The van der Waals surface area contributed by atoms with Crippen molar-refractivity contribution >= 4 is 34.8 Å². The van der Waals surface area contributed by atoms with E-state index in [9.17, 15) is 27.6 Å². The van der Waals surface area contributed by atoms with Gasteiger partial charge in [-0.2, -0.15) is 13.2 Å². The number of nitrogens with one attached hydrogen (secondary N) is 2. The van der Waals surface area contributed by atoms with Crippen molar-refractivity contribution in [1.82, 2.24) is 4.57 Å². The number of nitrogens with zero attached hydrogens (tertiary/aromatic N) is 1. The molecule has 2 N–H and O–H groups in total. The summed E-state index contributed by atoms with van der Waals surface area (Å²) in [5, 5.41) is 5.05. The maximum absolute atomic E-state index is 12.7. The number of halogens is 4. The highest BCUT2D eigenvalue weighted by Crippen LogP contribution is 2.27. The second kappa shape index (κ2) is 7.61. The van der Waals surface area contributed by atoms with E-state index in [1.807, 2.05) is 0 Å². The lowest BCUT2D eigenvalue weighted by Crippen LogP contribution is -2.32. The Morgan fingerprint density at radius 2 is 1.88 bits per heavy atom. The number of aromatic nitrogens is 1. The summed E-state index contributed by atoms with van der Waals surface area (Å²) in [6.07, 6.45) is -3.74. The zero-order valence-electron chi connectivity index (χ0n) is 13.4. The average Bonchev–Trinajstić information content (AvgIpc) is 2.51. The van der Waals surface area contributed by atoms with E-state index in [1.54, 1.807) is 0 Å².